The highest BCUT2D eigenvalue weighted by molar-refractivity contribution is 9.10. The van der Waals surface area contributed by atoms with Crippen LogP contribution in [0.15, 0.2) is 40.9 Å². The molecule has 0 unspecified atom stereocenters. The summed E-state index contributed by atoms with van der Waals surface area (Å²) < 4.78 is 26.9. The monoisotopic (exact) mass is 356 g/mol. The molecular weight excluding hydrogens is 346 g/mol. The maximum Gasteiger partial charge on any atom is 0.175 e. The Morgan fingerprint density at radius 3 is 2.50 bits per heavy atom. The van der Waals surface area contributed by atoms with Gasteiger partial charge in [0.15, 0.2) is 5.11 Å². The van der Waals surface area contributed by atoms with Crippen LogP contribution in [0.3, 0.4) is 0 Å². The summed E-state index contributed by atoms with van der Waals surface area (Å²) in [5, 5.41) is 6.12. The largest absolute Gasteiger partial charge is 0.332 e. The summed E-state index contributed by atoms with van der Waals surface area (Å²) in [6.07, 6.45) is 0. The molecule has 2 aromatic rings. The SMILES string of the molecule is Cc1c(F)cccc1NC(=S)Nc1ccc(F)cc1Br. The van der Waals surface area contributed by atoms with Crippen LogP contribution < -0.4 is 10.6 Å². The fourth-order valence-corrected chi connectivity index (χ4v) is 2.28. The third kappa shape index (κ3) is 3.52. The van der Waals surface area contributed by atoms with E-state index in [2.05, 4.69) is 26.6 Å². The van der Waals surface area contributed by atoms with Crippen LogP contribution in [0.2, 0.25) is 0 Å². The highest BCUT2D eigenvalue weighted by Gasteiger charge is 2.07. The number of rotatable bonds is 2. The number of benzene rings is 2. The van der Waals surface area contributed by atoms with Crippen LogP contribution in [-0.4, -0.2) is 5.11 Å². The van der Waals surface area contributed by atoms with E-state index in [0.29, 0.717) is 26.5 Å². The quantitative estimate of drug-likeness (QED) is 0.752. The zero-order valence-electron chi connectivity index (χ0n) is 10.5. The molecule has 2 nitrogen and oxygen atoms in total. The van der Waals surface area contributed by atoms with E-state index in [-0.39, 0.29) is 11.6 Å². The van der Waals surface area contributed by atoms with E-state index in [1.165, 1.54) is 18.2 Å². The summed E-state index contributed by atoms with van der Waals surface area (Å²) in [4.78, 5) is 0. The van der Waals surface area contributed by atoms with E-state index in [1.54, 1.807) is 25.1 Å². The van der Waals surface area contributed by atoms with Crippen molar-refractivity contribution in [1.29, 1.82) is 0 Å². The molecule has 104 valence electrons. The Hall–Kier alpha value is -1.53. The van der Waals surface area contributed by atoms with Gasteiger partial charge in [-0.25, -0.2) is 8.78 Å². The molecule has 2 rings (SSSR count). The van der Waals surface area contributed by atoms with Gasteiger partial charge in [0.2, 0.25) is 0 Å². The molecule has 6 heteroatoms. The maximum atomic E-state index is 13.4. The Kier molecular flexibility index (Phi) is 4.67. The first kappa shape index (κ1) is 14.9. The second kappa shape index (κ2) is 6.28. The van der Waals surface area contributed by atoms with Gasteiger partial charge in [-0.15, -0.1) is 0 Å². The molecule has 0 aliphatic carbocycles. The molecule has 20 heavy (non-hydrogen) atoms. The Balaban J connectivity index is 2.11. The highest BCUT2D eigenvalue weighted by Crippen LogP contribution is 2.24. The van der Waals surface area contributed by atoms with Gasteiger partial charge in [0.25, 0.3) is 0 Å². The van der Waals surface area contributed by atoms with Gasteiger partial charge < -0.3 is 10.6 Å². The lowest BCUT2D eigenvalue weighted by atomic mass is 10.2. The zero-order chi connectivity index (χ0) is 14.7. The van der Waals surface area contributed by atoms with Crippen molar-refractivity contribution >= 4 is 44.6 Å². The predicted octanol–water partition coefficient (Wildman–Crippen LogP) is 4.84. The van der Waals surface area contributed by atoms with E-state index in [1.807, 2.05) is 0 Å². The molecule has 0 spiro atoms. The molecule has 0 saturated heterocycles. The fraction of sp³-hybridized carbons (Fsp3) is 0.0714. The van der Waals surface area contributed by atoms with Gasteiger partial charge in [-0.3, -0.25) is 0 Å². The van der Waals surface area contributed by atoms with E-state index in [4.69, 9.17) is 12.2 Å². The van der Waals surface area contributed by atoms with Crippen molar-refractivity contribution in [2.75, 3.05) is 10.6 Å². The second-order valence-electron chi connectivity index (χ2n) is 4.12. The Bertz CT molecular complexity index is 662. The Morgan fingerprint density at radius 2 is 1.80 bits per heavy atom. The fourth-order valence-electron chi connectivity index (χ4n) is 1.61. The molecule has 0 aromatic heterocycles. The minimum absolute atomic E-state index is 0.297. The van der Waals surface area contributed by atoms with Crippen LogP contribution in [0.25, 0.3) is 0 Å². The lowest BCUT2D eigenvalue weighted by molar-refractivity contribution is 0.619. The van der Waals surface area contributed by atoms with Gasteiger partial charge in [-0.05, 0) is 65.4 Å². The van der Waals surface area contributed by atoms with Crippen LogP contribution in [0.5, 0.6) is 0 Å². The number of hydrogen-bond donors (Lipinski definition) is 2. The number of nitrogens with one attached hydrogen (secondary N) is 2. The normalized spacial score (nSPS) is 10.2. The van der Waals surface area contributed by atoms with Crippen molar-refractivity contribution in [1.82, 2.24) is 0 Å². The average Bonchev–Trinajstić information content (AvgIpc) is 2.38. The molecule has 2 aromatic carbocycles. The van der Waals surface area contributed by atoms with E-state index in [0.717, 1.165) is 0 Å². The van der Waals surface area contributed by atoms with Crippen LogP contribution in [0, 0.1) is 18.6 Å². The van der Waals surface area contributed by atoms with E-state index in [9.17, 15) is 8.78 Å². The summed E-state index contributed by atoms with van der Waals surface area (Å²) in [7, 11) is 0. The number of halogens is 3. The van der Waals surface area contributed by atoms with Crippen molar-refractivity contribution in [3.8, 4) is 0 Å². The predicted molar refractivity (Wildman–Crippen MR) is 85.1 cm³/mol. The number of anilines is 2. The molecule has 0 radical (unpaired) electrons. The zero-order valence-corrected chi connectivity index (χ0v) is 12.9. The summed E-state index contributed by atoms with van der Waals surface area (Å²) in [5.41, 5.74) is 1.69. The van der Waals surface area contributed by atoms with Gasteiger partial charge in [0.1, 0.15) is 11.6 Å². The molecular formula is C14H11BrF2N2S. The van der Waals surface area contributed by atoms with Crippen molar-refractivity contribution in [3.63, 3.8) is 0 Å². The van der Waals surface area contributed by atoms with Gasteiger partial charge in [-0.2, -0.15) is 0 Å². The Labute approximate surface area is 129 Å². The van der Waals surface area contributed by atoms with Crippen LogP contribution in [-0.2, 0) is 0 Å². The maximum absolute atomic E-state index is 13.4. The van der Waals surface area contributed by atoms with Crippen LogP contribution >= 0.6 is 28.1 Å². The van der Waals surface area contributed by atoms with Crippen LogP contribution in [0.4, 0.5) is 20.2 Å². The number of thiocarbonyl (C=S) groups is 1. The van der Waals surface area contributed by atoms with Crippen molar-refractivity contribution < 1.29 is 8.78 Å². The minimum atomic E-state index is -0.345. The first-order valence-corrected chi connectivity index (χ1v) is 6.95. The van der Waals surface area contributed by atoms with Crippen molar-refractivity contribution in [2.45, 2.75) is 6.92 Å². The molecule has 0 amide bonds. The average molecular weight is 357 g/mol. The molecule has 0 heterocycles. The molecule has 0 fully saturated rings. The molecule has 0 saturated carbocycles. The number of hydrogen-bond acceptors (Lipinski definition) is 1. The minimum Gasteiger partial charge on any atom is -0.332 e. The van der Waals surface area contributed by atoms with Crippen LogP contribution in [0.1, 0.15) is 5.56 Å². The third-order valence-electron chi connectivity index (χ3n) is 2.70. The van der Waals surface area contributed by atoms with Crippen molar-refractivity contribution in [2.24, 2.45) is 0 Å². The summed E-state index contributed by atoms with van der Waals surface area (Å²) in [6.45, 7) is 1.66. The lowest BCUT2D eigenvalue weighted by Gasteiger charge is -2.13. The third-order valence-corrected chi connectivity index (χ3v) is 3.56. The van der Waals surface area contributed by atoms with Gasteiger partial charge in [-0.1, -0.05) is 6.07 Å². The van der Waals surface area contributed by atoms with Gasteiger partial charge >= 0.3 is 0 Å². The standard InChI is InChI=1S/C14H11BrF2N2S/c1-8-11(17)3-2-4-12(8)18-14(20)19-13-6-5-9(16)7-10(13)15/h2-7H,1H3,(H2,18,19,20). The lowest BCUT2D eigenvalue weighted by Crippen LogP contribution is -2.20. The smallest absolute Gasteiger partial charge is 0.175 e. The van der Waals surface area contributed by atoms with E-state index >= 15 is 0 Å². The van der Waals surface area contributed by atoms with Gasteiger partial charge in [0.05, 0.1) is 5.69 Å². The van der Waals surface area contributed by atoms with Crippen molar-refractivity contribution in [3.05, 3.63) is 58.1 Å². The summed E-state index contributed by atoms with van der Waals surface area (Å²) in [5.74, 6) is -0.650. The molecule has 0 bridgehead atoms. The molecule has 2 N–H and O–H groups in total. The molecule has 0 atom stereocenters. The Morgan fingerprint density at radius 1 is 1.10 bits per heavy atom. The molecule has 0 aliphatic heterocycles. The van der Waals surface area contributed by atoms with E-state index < -0.39 is 0 Å². The highest BCUT2D eigenvalue weighted by atomic mass is 79.9. The first-order valence-electron chi connectivity index (χ1n) is 5.75. The second-order valence-corrected chi connectivity index (χ2v) is 5.38. The molecule has 0 aliphatic rings. The summed E-state index contributed by atoms with van der Waals surface area (Å²) >= 11 is 8.39. The summed E-state index contributed by atoms with van der Waals surface area (Å²) in [6, 6.07) is 8.92. The first-order chi connectivity index (χ1) is 9.47. The van der Waals surface area contributed by atoms with Gasteiger partial charge in [0, 0.05) is 15.7 Å². The topological polar surface area (TPSA) is 24.1 Å².